The summed E-state index contributed by atoms with van der Waals surface area (Å²) in [6.45, 7) is 2.09. The van der Waals surface area contributed by atoms with E-state index in [0.717, 1.165) is 12.2 Å². The van der Waals surface area contributed by atoms with Crippen LogP contribution in [-0.2, 0) is 6.42 Å². The number of hydrogen-bond acceptors (Lipinski definition) is 4. The molecule has 0 aliphatic rings. The van der Waals surface area contributed by atoms with Crippen LogP contribution >= 0.6 is 0 Å². The van der Waals surface area contributed by atoms with Gasteiger partial charge in [0.2, 0.25) is 0 Å². The molecule has 2 aromatic heterocycles. The van der Waals surface area contributed by atoms with Crippen molar-refractivity contribution in [2.75, 3.05) is 7.05 Å². The number of nitrogens with one attached hydrogen (secondary N) is 1. The van der Waals surface area contributed by atoms with Gasteiger partial charge in [-0.15, -0.1) is 0 Å². The van der Waals surface area contributed by atoms with Gasteiger partial charge in [-0.1, -0.05) is 0 Å². The molecule has 1 unspecified atom stereocenters. The van der Waals surface area contributed by atoms with E-state index in [-0.39, 0.29) is 0 Å². The quantitative estimate of drug-likeness (QED) is 0.832. The molecule has 1 atom stereocenters. The lowest BCUT2D eigenvalue weighted by Crippen LogP contribution is -2.23. The molecule has 15 heavy (non-hydrogen) atoms. The van der Waals surface area contributed by atoms with Crippen molar-refractivity contribution in [3.63, 3.8) is 0 Å². The Morgan fingerprint density at radius 1 is 1.53 bits per heavy atom. The second-order valence-electron chi connectivity index (χ2n) is 3.50. The highest BCUT2D eigenvalue weighted by Crippen LogP contribution is 2.19. The van der Waals surface area contributed by atoms with E-state index in [1.807, 2.05) is 19.2 Å². The summed E-state index contributed by atoms with van der Waals surface area (Å²) in [7, 11) is 1.93. The van der Waals surface area contributed by atoms with Crippen molar-refractivity contribution >= 4 is 0 Å². The first-order chi connectivity index (χ1) is 7.29. The second-order valence-corrected chi connectivity index (χ2v) is 3.50. The zero-order chi connectivity index (χ0) is 10.7. The minimum atomic E-state index is 0.377. The van der Waals surface area contributed by atoms with E-state index in [2.05, 4.69) is 17.2 Å². The lowest BCUT2D eigenvalue weighted by Gasteiger charge is -2.05. The highest BCUT2D eigenvalue weighted by Gasteiger charge is 2.10. The molecule has 2 aromatic rings. The molecule has 0 aliphatic carbocycles. The topological polar surface area (TPSA) is 51.2 Å². The Morgan fingerprint density at radius 3 is 3.07 bits per heavy atom. The molecule has 2 rings (SSSR count). The Labute approximate surface area is 88.3 Å². The number of oxazole rings is 1. The molecule has 0 aliphatic heterocycles. The van der Waals surface area contributed by atoms with Gasteiger partial charge >= 0.3 is 0 Å². The Hall–Kier alpha value is -1.55. The average Bonchev–Trinajstić information content (AvgIpc) is 2.85. The van der Waals surface area contributed by atoms with Gasteiger partial charge in [0, 0.05) is 12.5 Å². The summed E-state index contributed by atoms with van der Waals surface area (Å²) in [6.07, 6.45) is 4.17. The van der Waals surface area contributed by atoms with Crippen molar-refractivity contribution in [1.82, 2.24) is 10.3 Å². The lowest BCUT2D eigenvalue weighted by molar-refractivity contribution is 0.462. The normalized spacial score (nSPS) is 12.9. The first-order valence-corrected chi connectivity index (χ1v) is 4.95. The number of nitrogens with zero attached hydrogens (tertiary/aromatic N) is 1. The summed E-state index contributed by atoms with van der Waals surface area (Å²) < 4.78 is 10.7. The lowest BCUT2D eigenvalue weighted by atomic mass is 10.2. The maximum atomic E-state index is 5.56. The Bertz CT molecular complexity index is 406. The average molecular weight is 206 g/mol. The van der Waals surface area contributed by atoms with E-state index in [1.165, 1.54) is 0 Å². The minimum Gasteiger partial charge on any atom is -0.459 e. The van der Waals surface area contributed by atoms with Crippen LogP contribution < -0.4 is 5.32 Å². The molecule has 0 aromatic carbocycles. The van der Waals surface area contributed by atoms with E-state index in [4.69, 9.17) is 8.83 Å². The molecule has 4 nitrogen and oxygen atoms in total. The van der Waals surface area contributed by atoms with Gasteiger partial charge in [0.15, 0.2) is 5.76 Å². The maximum Gasteiger partial charge on any atom is 0.262 e. The van der Waals surface area contributed by atoms with E-state index < -0.39 is 0 Å². The van der Waals surface area contributed by atoms with Crippen LogP contribution in [0.25, 0.3) is 11.7 Å². The predicted octanol–water partition coefficient (Wildman–Crippen LogP) is 2.08. The van der Waals surface area contributed by atoms with Gasteiger partial charge in [-0.05, 0) is 26.1 Å². The van der Waals surface area contributed by atoms with Gasteiger partial charge in [0.25, 0.3) is 5.89 Å². The van der Waals surface area contributed by atoms with Gasteiger partial charge in [-0.25, -0.2) is 4.98 Å². The van der Waals surface area contributed by atoms with Gasteiger partial charge in [-0.3, -0.25) is 0 Å². The third-order valence-electron chi connectivity index (χ3n) is 2.29. The zero-order valence-corrected chi connectivity index (χ0v) is 8.86. The predicted molar refractivity (Wildman–Crippen MR) is 56.4 cm³/mol. The monoisotopic (exact) mass is 206 g/mol. The molecule has 2 heterocycles. The number of furan rings is 1. The maximum absolute atomic E-state index is 5.56. The molecule has 0 radical (unpaired) electrons. The minimum absolute atomic E-state index is 0.377. The summed E-state index contributed by atoms with van der Waals surface area (Å²) in [5.41, 5.74) is 0. The van der Waals surface area contributed by atoms with Crippen LogP contribution in [0.3, 0.4) is 0 Å². The number of rotatable bonds is 4. The number of aromatic nitrogens is 1. The Kier molecular flexibility index (Phi) is 2.87. The standard InChI is InChI=1S/C11H14N2O2/c1-8(12-2)6-9-7-13-11(15-9)10-4-3-5-14-10/h3-5,7-8,12H,6H2,1-2H3. The van der Waals surface area contributed by atoms with Crippen molar-refractivity contribution in [3.8, 4) is 11.7 Å². The van der Waals surface area contributed by atoms with E-state index >= 15 is 0 Å². The van der Waals surface area contributed by atoms with Crippen molar-refractivity contribution in [2.45, 2.75) is 19.4 Å². The number of likely N-dealkylation sites (N-methyl/N-ethyl adjacent to an activating group) is 1. The molecule has 0 saturated carbocycles. The van der Waals surface area contributed by atoms with Crippen LogP contribution in [0.4, 0.5) is 0 Å². The third-order valence-corrected chi connectivity index (χ3v) is 2.29. The molecule has 0 spiro atoms. The molecule has 1 N–H and O–H groups in total. The summed E-state index contributed by atoms with van der Waals surface area (Å²) in [5.74, 6) is 2.07. The first-order valence-electron chi connectivity index (χ1n) is 4.95. The van der Waals surface area contributed by atoms with Crippen LogP contribution in [0.5, 0.6) is 0 Å². The zero-order valence-electron chi connectivity index (χ0n) is 8.86. The molecule has 0 amide bonds. The van der Waals surface area contributed by atoms with E-state index in [9.17, 15) is 0 Å². The molecule has 80 valence electrons. The second kappa shape index (κ2) is 4.31. The largest absolute Gasteiger partial charge is 0.459 e. The summed E-state index contributed by atoms with van der Waals surface area (Å²) in [5, 5.41) is 3.15. The molecule has 0 saturated heterocycles. The van der Waals surface area contributed by atoms with Crippen LogP contribution in [0.15, 0.2) is 33.4 Å². The van der Waals surface area contributed by atoms with Crippen LogP contribution in [0, 0.1) is 0 Å². The third kappa shape index (κ3) is 2.27. The smallest absolute Gasteiger partial charge is 0.262 e. The van der Waals surface area contributed by atoms with E-state index in [1.54, 1.807) is 12.5 Å². The molecule has 4 heteroatoms. The van der Waals surface area contributed by atoms with Gasteiger partial charge < -0.3 is 14.2 Å². The molecular formula is C11H14N2O2. The Balaban J connectivity index is 2.11. The highest BCUT2D eigenvalue weighted by molar-refractivity contribution is 5.43. The number of hydrogen-bond donors (Lipinski definition) is 1. The fourth-order valence-corrected chi connectivity index (χ4v) is 1.32. The fraction of sp³-hybridized carbons (Fsp3) is 0.364. The summed E-state index contributed by atoms with van der Waals surface area (Å²) in [6, 6.07) is 4.02. The van der Waals surface area contributed by atoms with Crippen molar-refractivity contribution in [3.05, 3.63) is 30.4 Å². The van der Waals surface area contributed by atoms with Crippen molar-refractivity contribution in [1.29, 1.82) is 0 Å². The Morgan fingerprint density at radius 2 is 2.40 bits per heavy atom. The van der Waals surface area contributed by atoms with Crippen LogP contribution in [0.2, 0.25) is 0 Å². The van der Waals surface area contributed by atoms with Crippen LogP contribution in [-0.4, -0.2) is 18.1 Å². The van der Waals surface area contributed by atoms with E-state index in [0.29, 0.717) is 17.7 Å². The molecule has 0 bridgehead atoms. The van der Waals surface area contributed by atoms with Gasteiger partial charge in [-0.2, -0.15) is 0 Å². The van der Waals surface area contributed by atoms with Gasteiger partial charge in [0.1, 0.15) is 5.76 Å². The van der Waals surface area contributed by atoms with Crippen molar-refractivity contribution in [2.24, 2.45) is 0 Å². The first kappa shape index (κ1) is 9.98. The molecule has 0 fully saturated rings. The van der Waals surface area contributed by atoms with Gasteiger partial charge in [0.05, 0.1) is 12.5 Å². The highest BCUT2D eigenvalue weighted by atomic mass is 16.4. The SMILES string of the molecule is CNC(C)Cc1cnc(-c2ccco2)o1. The van der Waals surface area contributed by atoms with Crippen LogP contribution in [0.1, 0.15) is 12.7 Å². The molecular weight excluding hydrogens is 192 g/mol. The fourth-order valence-electron chi connectivity index (χ4n) is 1.32. The summed E-state index contributed by atoms with van der Waals surface area (Å²) in [4.78, 5) is 4.16. The van der Waals surface area contributed by atoms with Crippen molar-refractivity contribution < 1.29 is 8.83 Å². The summed E-state index contributed by atoms with van der Waals surface area (Å²) >= 11 is 0.